The number of hydrogen-bond acceptors (Lipinski definition) is 8. The van der Waals surface area contributed by atoms with Gasteiger partial charge < -0.3 is 18.9 Å². The Morgan fingerprint density at radius 2 is 1.64 bits per heavy atom. The number of hydrogen-bond donors (Lipinski definition) is 0. The molecule has 0 amide bonds. The van der Waals surface area contributed by atoms with E-state index in [1.165, 1.54) is 35.8 Å². The van der Waals surface area contributed by atoms with Gasteiger partial charge >= 0.3 is 23.3 Å². The Kier molecular flexibility index (Phi) is 7.07. The van der Waals surface area contributed by atoms with E-state index in [1.807, 2.05) is 4.68 Å². The van der Waals surface area contributed by atoms with E-state index in [1.54, 1.807) is 4.68 Å². The third-order valence-electron chi connectivity index (χ3n) is 16.1. The summed E-state index contributed by atoms with van der Waals surface area (Å²) in [6.07, 6.45) is 8.99. The van der Waals surface area contributed by atoms with Gasteiger partial charge in [-0.05, 0) is 103 Å². The molecule has 2 aliphatic heterocycles. The van der Waals surface area contributed by atoms with Gasteiger partial charge in [0.05, 0.1) is 11.6 Å². The molecule has 9 atom stereocenters. The second-order valence-corrected chi connectivity index (χ2v) is 18.5. The summed E-state index contributed by atoms with van der Waals surface area (Å²) < 4.78 is 27.8. The minimum Gasteiger partial charge on any atom is -0.465 e. The average Bonchev–Trinajstić information content (AvgIpc) is 3.74. The summed E-state index contributed by atoms with van der Waals surface area (Å²) >= 11 is 0. The van der Waals surface area contributed by atoms with Crippen LogP contribution in [0.3, 0.4) is 0 Å². The van der Waals surface area contributed by atoms with E-state index in [0.717, 1.165) is 51.4 Å². The molecule has 8 rings (SSSR count). The highest BCUT2D eigenvalue weighted by molar-refractivity contribution is 5.66. The molecule has 1 aromatic heterocycles. The molecule has 4 unspecified atom stereocenters. The Bertz CT molecular complexity index is 1860. The van der Waals surface area contributed by atoms with Crippen molar-refractivity contribution >= 4 is 17.8 Å². The van der Waals surface area contributed by atoms with Crippen LogP contribution in [-0.4, -0.2) is 45.4 Å². The minimum atomic E-state index is -0.760. The van der Waals surface area contributed by atoms with Crippen LogP contribution in [0.4, 0.5) is 0 Å². The first-order valence-electron chi connectivity index (χ1n) is 18.9. The van der Waals surface area contributed by atoms with Gasteiger partial charge in [0, 0.05) is 24.7 Å². The summed E-state index contributed by atoms with van der Waals surface area (Å²) in [7, 11) is 0. The molecule has 0 saturated heterocycles. The Balaban J connectivity index is 1.39. The normalized spacial score (nSPS) is 42.0. The van der Waals surface area contributed by atoms with Crippen molar-refractivity contribution in [3.8, 4) is 0 Å². The highest BCUT2D eigenvalue weighted by Crippen LogP contribution is 2.79. The van der Waals surface area contributed by atoms with Crippen LogP contribution in [0.25, 0.3) is 5.88 Å². The van der Waals surface area contributed by atoms with Gasteiger partial charge in [0.25, 0.3) is 0 Å². The number of aromatic nitrogens is 3. The summed E-state index contributed by atoms with van der Waals surface area (Å²) in [6, 6.07) is -0.343. The van der Waals surface area contributed by atoms with Crippen LogP contribution < -0.4 is 11.4 Å². The van der Waals surface area contributed by atoms with E-state index >= 15 is 0 Å². The van der Waals surface area contributed by atoms with Crippen LogP contribution in [0.1, 0.15) is 126 Å². The monoisotopic (exact) mass is 693 g/mol. The van der Waals surface area contributed by atoms with Crippen molar-refractivity contribution in [3.63, 3.8) is 0 Å². The summed E-state index contributed by atoms with van der Waals surface area (Å²) in [4.78, 5) is 54.3. The van der Waals surface area contributed by atoms with Gasteiger partial charge in [0.2, 0.25) is 12.7 Å². The minimum absolute atomic E-state index is 0.0161. The fourth-order valence-electron chi connectivity index (χ4n) is 13.7. The molecule has 50 heavy (non-hydrogen) atoms. The number of carbonyl (C=O) groups is 2. The van der Waals surface area contributed by atoms with Crippen molar-refractivity contribution in [2.75, 3.05) is 13.4 Å². The lowest BCUT2D eigenvalue weighted by Crippen LogP contribution is -2.67. The Morgan fingerprint density at radius 3 is 2.28 bits per heavy atom. The van der Waals surface area contributed by atoms with Gasteiger partial charge in [-0.3, -0.25) is 9.59 Å². The number of nitrogens with zero attached hydrogens (tertiary/aromatic N) is 3. The van der Waals surface area contributed by atoms with Crippen LogP contribution in [-0.2, 0) is 34.1 Å². The van der Waals surface area contributed by atoms with E-state index in [2.05, 4.69) is 48.5 Å². The lowest BCUT2D eigenvalue weighted by molar-refractivity contribution is -0.218. The van der Waals surface area contributed by atoms with E-state index in [-0.39, 0.29) is 76.9 Å². The standard InChI is InChI=1S/C39H55N3O8/c1-22(2)39-17-16-38(20-48-23(3)43)15-14-37(9)30(31(38)39)25(41-32(45)40(33(46)42(39)41)29-19-47-21-49-29)18-27-35(7)12-11-28(50-24(4)44)34(5,6)26(35)10-13-36(27,37)8/h19,22,25-28H,10-18,20-21H2,1-9H3/t25?,26?,27?,28-,35-,36+,37+,38-,39?/m0/s1. The molecule has 0 bridgehead atoms. The molecule has 5 aliphatic carbocycles. The average molecular weight is 694 g/mol. The van der Waals surface area contributed by atoms with Crippen LogP contribution in [0.5, 0.6) is 0 Å². The van der Waals surface area contributed by atoms with Gasteiger partial charge in [0.15, 0.2) is 0 Å². The largest absolute Gasteiger partial charge is 0.465 e. The maximum absolute atomic E-state index is 14.9. The molecule has 4 saturated carbocycles. The third-order valence-corrected chi connectivity index (χ3v) is 16.1. The topological polar surface area (TPSA) is 120 Å². The Morgan fingerprint density at radius 1 is 0.920 bits per heavy atom. The van der Waals surface area contributed by atoms with E-state index in [9.17, 15) is 19.2 Å². The van der Waals surface area contributed by atoms with Crippen molar-refractivity contribution in [1.82, 2.24) is 13.9 Å². The smallest absolute Gasteiger partial charge is 0.355 e. The van der Waals surface area contributed by atoms with Crippen molar-refractivity contribution in [2.24, 2.45) is 44.8 Å². The molecule has 4 fully saturated rings. The van der Waals surface area contributed by atoms with Gasteiger partial charge in [0.1, 0.15) is 19.0 Å². The summed E-state index contributed by atoms with van der Waals surface area (Å²) in [5.41, 5.74) is -0.0557. The molecule has 0 aromatic carbocycles. The first-order valence-corrected chi connectivity index (χ1v) is 18.9. The number of allylic oxidation sites excluding steroid dienone is 1. The molecule has 0 N–H and O–H groups in total. The second kappa shape index (κ2) is 10.4. The molecular weight excluding hydrogens is 638 g/mol. The highest BCUT2D eigenvalue weighted by Gasteiger charge is 2.73. The predicted octanol–water partition coefficient (Wildman–Crippen LogP) is 6.11. The number of rotatable bonds is 5. The van der Waals surface area contributed by atoms with Gasteiger partial charge in [-0.2, -0.15) is 4.57 Å². The van der Waals surface area contributed by atoms with Crippen molar-refractivity contribution in [2.45, 2.75) is 138 Å². The maximum atomic E-state index is 14.9. The molecule has 274 valence electrons. The number of fused-ring (bicyclic) bond motifs is 7. The fourth-order valence-corrected chi connectivity index (χ4v) is 13.7. The van der Waals surface area contributed by atoms with Crippen LogP contribution in [0, 0.1) is 44.8 Å². The van der Waals surface area contributed by atoms with Crippen molar-refractivity contribution in [3.05, 3.63) is 38.4 Å². The second-order valence-electron chi connectivity index (χ2n) is 18.5. The molecular formula is C39H55N3O8. The zero-order valence-corrected chi connectivity index (χ0v) is 31.3. The van der Waals surface area contributed by atoms with E-state index in [4.69, 9.17) is 18.9 Å². The van der Waals surface area contributed by atoms with Gasteiger partial charge in [-0.15, -0.1) is 0 Å². The predicted molar refractivity (Wildman–Crippen MR) is 184 cm³/mol. The summed E-state index contributed by atoms with van der Waals surface area (Å²) in [6.45, 7) is 19.5. The van der Waals surface area contributed by atoms with Crippen molar-refractivity contribution in [1.29, 1.82) is 0 Å². The van der Waals surface area contributed by atoms with E-state index in [0.29, 0.717) is 12.3 Å². The van der Waals surface area contributed by atoms with Crippen LogP contribution >= 0.6 is 0 Å². The van der Waals surface area contributed by atoms with E-state index < -0.39 is 22.3 Å². The highest BCUT2D eigenvalue weighted by atomic mass is 16.7. The molecule has 1 aromatic rings. The molecule has 7 aliphatic rings. The first kappa shape index (κ1) is 33.9. The molecule has 11 nitrogen and oxygen atoms in total. The maximum Gasteiger partial charge on any atom is 0.355 e. The molecule has 11 heteroatoms. The SMILES string of the molecule is CC(=O)OC[C@]12CCC3(C(C)C)C1=C1C(CC4[C@@]5(C)CC[C@H](OC(C)=O)C(C)(C)C5CC[C@@]4(C)[C@]1(C)CC2)n1c(=O)n(C2=COCO2)c(=O)n13. The quantitative estimate of drug-likeness (QED) is 0.268. The van der Waals surface area contributed by atoms with Crippen LogP contribution in [0.2, 0.25) is 0 Å². The van der Waals surface area contributed by atoms with Crippen LogP contribution in [0.15, 0.2) is 27.0 Å². The Hall–Kier alpha value is -3.24. The molecule has 0 radical (unpaired) electrons. The zero-order valence-electron chi connectivity index (χ0n) is 31.3. The summed E-state index contributed by atoms with van der Waals surface area (Å²) in [5.74, 6) is 0.134. The molecule has 3 heterocycles. The van der Waals surface area contributed by atoms with Gasteiger partial charge in [-0.25, -0.2) is 19.0 Å². The van der Waals surface area contributed by atoms with Crippen molar-refractivity contribution < 1.29 is 28.5 Å². The lowest BCUT2D eigenvalue weighted by Gasteiger charge is -2.72. The number of carbonyl (C=O) groups excluding carboxylic acids is 2. The number of ether oxygens (including phenoxy) is 4. The fraction of sp³-hybridized carbons (Fsp3) is 0.795. The first-order chi connectivity index (χ1) is 23.4. The van der Waals surface area contributed by atoms with Gasteiger partial charge in [-0.1, -0.05) is 48.5 Å². The number of esters is 2. The lowest BCUT2D eigenvalue weighted by atomic mass is 9.33. The molecule has 0 spiro atoms. The summed E-state index contributed by atoms with van der Waals surface area (Å²) in [5, 5.41) is 0. The Labute approximate surface area is 294 Å². The zero-order chi connectivity index (χ0) is 36.0. The third kappa shape index (κ3) is 3.87.